The number of likely N-dealkylation sites (tertiary alicyclic amines) is 1. The van der Waals surface area contributed by atoms with Gasteiger partial charge in [-0.15, -0.1) is 0 Å². The van der Waals surface area contributed by atoms with Crippen LogP contribution >= 0.6 is 0 Å². The molecule has 0 spiro atoms. The van der Waals surface area contributed by atoms with Crippen LogP contribution in [0, 0.1) is 40.4 Å². The van der Waals surface area contributed by atoms with Gasteiger partial charge in [-0.2, -0.15) is 0 Å². The van der Waals surface area contributed by atoms with Gasteiger partial charge in [-0.1, -0.05) is 20.8 Å². The maximum Gasteiger partial charge on any atom is 0.302 e. The Morgan fingerprint density at radius 3 is 2.59 bits per heavy atom. The Balaban J connectivity index is 1.59. The van der Waals surface area contributed by atoms with Gasteiger partial charge >= 0.3 is 5.97 Å². The molecule has 1 saturated heterocycles. The molecule has 0 bridgehead atoms. The molecule has 27 heavy (non-hydrogen) atoms. The van der Waals surface area contributed by atoms with Crippen molar-refractivity contribution in [2.24, 2.45) is 40.4 Å². The summed E-state index contributed by atoms with van der Waals surface area (Å²) in [4.78, 5) is 25.8. The number of fused-ring (bicyclic) bond motifs is 5. The van der Waals surface area contributed by atoms with Crippen molar-refractivity contribution < 1.29 is 14.3 Å². The fourth-order valence-corrected chi connectivity index (χ4v) is 8.18. The molecule has 0 radical (unpaired) electrons. The van der Waals surface area contributed by atoms with E-state index >= 15 is 0 Å². The van der Waals surface area contributed by atoms with Crippen molar-refractivity contribution >= 4 is 11.9 Å². The smallest absolute Gasteiger partial charge is 0.302 e. The third kappa shape index (κ3) is 2.76. The van der Waals surface area contributed by atoms with E-state index in [9.17, 15) is 9.59 Å². The Bertz CT molecular complexity index is 633. The first kappa shape index (κ1) is 19.3. The van der Waals surface area contributed by atoms with E-state index in [0.29, 0.717) is 35.8 Å². The van der Waals surface area contributed by atoms with E-state index in [1.165, 1.54) is 32.6 Å². The van der Waals surface area contributed by atoms with Gasteiger partial charge in [0.1, 0.15) is 0 Å². The zero-order valence-electron chi connectivity index (χ0n) is 17.8. The zero-order chi connectivity index (χ0) is 19.6. The van der Waals surface area contributed by atoms with Crippen molar-refractivity contribution in [2.75, 3.05) is 13.7 Å². The van der Waals surface area contributed by atoms with Gasteiger partial charge in [0.2, 0.25) is 5.91 Å². The summed E-state index contributed by atoms with van der Waals surface area (Å²) in [6, 6.07) is 0.431. The lowest BCUT2D eigenvalue weighted by atomic mass is 9.47. The summed E-state index contributed by atoms with van der Waals surface area (Å²) < 4.78 is 5.49. The predicted molar refractivity (Wildman–Crippen MR) is 105 cm³/mol. The van der Waals surface area contributed by atoms with Crippen molar-refractivity contribution in [3.05, 3.63) is 0 Å². The molecule has 4 heteroatoms. The highest BCUT2D eigenvalue weighted by Crippen LogP contribution is 2.67. The lowest BCUT2D eigenvalue weighted by Crippen LogP contribution is -2.61. The highest BCUT2D eigenvalue weighted by Gasteiger charge is 2.62. The summed E-state index contributed by atoms with van der Waals surface area (Å²) in [6.45, 7) is 9.45. The standard InChI is InChI=1S/C23H37NO3/c1-14-12-18-16-6-7-20-23(4,11-9-21(26)24(20)5)17(16)8-10-22(18,3)19(14)13-27-15(2)25/h14,16-20H,6-13H2,1-5H3/t14?,16-,17+,18+,19?,20-,22+,23-/m1/s1. The molecule has 4 aliphatic rings. The van der Waals surface area contributed by atoms with Crippen molar-refractivity contribution in [3.63, 3.8) is 0 Å². The minimum absolute atomic E-state index is 0.147. The molecule has 1 aliphatic heterocycles. The average Bonchev–Trinajstić information content (AvgIpc) is 2.87. The highest BCUT2D eigenvalue weighted by atomic mass is 16.5. The van der Waals surface area contributed by atoms with Gasteiger partial charge in [0.05, 0.1) is 6.61 Å². The number of carbonyl (C=O) groups excluding carboxylic acids is 2. The van der Waals surface area contributed by atoms with Crippen LogP contribution in [0.25, 0.3) is 0 Å². The third-order valence-electron chi connectivity index (χ3n) is 9.62. The Labute approximate surface area is 164 Å². The van der Waals surface area contributed by atoms with Gasteiger partial charge in [0.25, 0.3) is 0 Å². The molecule has 4 rings (SSSR count). The van der Waals surface area contributed by atoms with Crippen LogP contribution in [0.5, 0.6) is 0 Å². The third-order valence-corrected chi connectivity index (χ3v) is 9.62. The normalized spacial score (nSPS) is 49.2. The Morgan fingerprint density at radius 2 is 1.89 bits per heavy atom. The van der Waals surface area contributed by atoms with E-state index in [0.717, 1.165) is 37.0 Å². The summed E-state index contributed by atoms with van der Waals surface area (Å²) in [6.07, 6.45) is 8.01. The van der Waals surface area contributed by atoms with Crippen LogP contribution in [0.4, 0.5) is 0 Å². The molecule has 3 saturated carbocycles. The number of amides is 1. The molecule has 152 valence electrons. The number of piperidine rings is 1. The van der Waals surface area contributed by atoms with Crippen molar-refractivity contribution in [3.8, 4) is 0 Å². The number of esters is 1. The second-order valence-corrected chi connectivity index (χ2v) is 10.6. The largest absolute Gasteiger partial charge is 0.466 e. The predicted octanol–water partition coefficient (Wildman–Crippen LogP) is 4.28. The molecular formula is C23H37NO3. The Kier molecular flexibility index (Phi) is 4.63. The first-order valence-electron chi connectivity index (χ1n) is 11.1. The van der Waals surface area contributed by atoms with E-state index in [2.05, 4.69) is 25.7 Å². The fraction of sp³-hybridized carbons (Fsp3) is 0.913. The average molecular weight is 376 g/mol. The number of nitrogens with zero attached hydrogens (tertiary/aromatic N) is 1. The molecule has 1 heterocycles. The molecule has 0 aromatic rings. The quantitative estimate of drug-likeness (QED) is 0.677. The lowest BCUT2D eigenvalue weighted by Gasteiger charge is -2.61. The van der Waals surface area contributed by atoms with Crippen molar-refractivity contribution in [1.82, 2.24) is 4.90 Å². The number of hydrogen-bond donors (Lipinski definition) is 0. The molecule has 2 unspecified atom stereocenters. The molecule has 0 aromatic heterocycles. The van der Waals surface area contributed by atoms with Crippen LogP contribution in [0.3, 0.4) is 0 Å². The molecule has 3 aliphatic carbocycles. The van der Waals surface area contributed by atoms with Crippen LogP contribution in [0.15, 0.2) is 0 Å². The maximum absolute atomic E-state index is 12.3. The van der Waals surface area contributed by atoms with E-state index in [1.54, 1.807) is 0 Å². The minimum atomic E-state index is -0.147. The molecular weight excluding hydrogens is 338 g/mol. The van der Waals surface area contributed by atoms with Gasteiger partial charge in [-0.25, -0.2) is 0 Å². The zero-order valence-corrected chi connectivity index (χ0v) is 17.8. The Morgan fingerprint density at radius 1 is 1.15 bits per heavy atom. The summed E-state index contributed by atoms with van der Waals surface area (Å²) in [5.74, 6) is 3.57. The SMILES string of the molecule is CC(=O)OCC1C(C)C[C@H]2[C@@H]3CC[C@H]4N(C)C(=O)CC[C@]4(C)[C@H]3CC[C@]12C. The maximum atomic E-state index is 12.3. The number of ether oxygens (including phenoxy) is 1. The highest BCUT2D eigenvalue weighted by molar-refractivity contribution is 5.77. The van der Waals surface area contributed by atoms with Crippen molar-refractivity contribution in [1.29, 1.82) is 0 Å². The van der Waals surface area contributed by atoms with Crippen LogP contribution in [0.2, 0.25) is 0 Å². The van der Waals surface area contributed by atoms with Gasteiger partial charge in [-0.05, 0) is 73.0 Å². The second kappa shape index (κ2) is 6.49. The summed E-state index contributed by atoms with van der Waals surface area (Å²) in [5.41, 5.74) is 0.583. The van der Waals surface area contributed by atoms with Crippen LogP contribution < -0.4 is 0 Å². The van der Waals surface area contributed by atoms with Crippen LogP contribution in [0.1, 0.15) is 72.6 Å². The van der Waals surface area contributed by atoms with E-state index in [-0.39, 0.29) is 11.4 Å². The van der Waals surface area contributed by atoms with Gasteiger partial charge in [-0.3, -0.25) is 9.59 Å². The minimum Gasteiger partial charge on any atom is -0.466 e. The van der Waals surface area contributed by atoms with Gasteiger partial charge in [0.15, 0.2) is 0 Å². The summed E-state index contributed by atoms with van der Waals surface area (Å²) in [5, 5.41) is 0. The summed E-state index contributed by atoms with van der Waals surface area (Å²) >= 11 is 0. The van der Waals surface area contributed by atoms with Gasteiger partial charge < -0.3 is 9.64 Å². The Hall–Kier alpha value is -1.06. The molecule has 0 aromatic carbocycles. The fourth-order valence-electron chi connectivity index (χ4n) is 8.18. The molecule has 0 N–H and O–H groups in total. The van der Waals surface area contributed by atoms with Crippen LogP contribution in [-0.4, -0.2) is 36.5 Å². The molecule has 1 amide bonds. The molecule has 4 fully saturated rings. The number of hydrogen-bond acceptors (Lipinski definition) is 3. The number of carbonyl (C=O) groups is 2. The van der Waals surface area contributed by atoms with E-state index in [1.807, 2.05) is 7.05 Å². The van der Waals surface area contributed by atoms with E-state index < -0.39 is 0 Å². The van der Waals surface area contributed by atoms with Crippen molar-refractivity contribution in [2.45, 2.75) is 78.7 Å². The first-order valence-corrected chi connectivity index (χ1v) is 11.1. The lowest BCUT2D eigenvalue weighted by molar-refractivity contribution is -0.160. The summed E-state index contributed by atoms with van der Waals surface area (Å²) in [7, 11) is 2.03. The van der Waals surface area contributed by atoms with Gasteiger partial charge in [0, 0.05) is 32.4 Å². The first-order chi connectivity index (χ1) is 12.7. The molecule has 4 nitrogen and oxygen atoms in total. The van der Waals surface area contributed by atoms with E-state index in [4.69, 9.17) is 4.74 Å². The molecule has 8 atom stereocenters. The number of rotatable bonds is 2. The second-order valence-electron chi connectivity index (χ2n) is 10.6. The van der Waals surface area contributed by atoms with Crippen LogP contribution in [-0.2, 0) is 14.3 Å². The topological polar surface area (TPSA) is 46.6 Å². The monoisotopic (exact) mass is 375 g/mol.